The highest BCUT2D eigenvalue weighted by molar-refractivity contribution is 5.75. The van der Waals surface area contributed by atoms with Crippen LogP contribution in [0.25, 0.3) is 11.0 Å². The number of methoxy groups -OCH3 is 1. The highest BCUT2D eigenvalue weighted by Crippen LogP contribution is 2.27. The molecule has 9 heteroatoms. The zero-order valence-electron chi connectivity index (χ0n) is 17.0. The molecular formula is C21H22F3N3O3. The summed E-state index contributed by atoms with van der Waals surface area (Å²) in [6.45, 7) is 5.10. The molecule has 0 aliphatic rings. The first-order valence-electron chi connectivity index (χ1n) is 9.23. The van der Waals surface area contributed by atoms with Crippen LogP contribution in [-0.4, -0.2) is 28.8 Å². The third-order valence-electron chi connectivity index (χ3n) is 4.25. The van der Waals surface area contributed by atoms with Gasteiger partial charge in [0.1, 0.15) is 17.2 Å². The number of rotatable bonds is 5. The molecule has 1 amide bonds. The van der Waals surface area contributed by atoms with E-state index in [1.54, 1.807) is 20.8 Å². The summed E-state index contributed by atoms with van der Waals surface area (Å²) in [5.41, 5.74) is 0.107. The minimum atomic E-state index is -1.13. The van der Waals surface area contributed by atoms with Crippen LogP contribution in [0.5, 0.6) is 5.75 Å². The van der Waals surface area contributed by atoms with Crippen molar-refractivity contribution in [2.75, 3.05) is 7.11 Å². The second-order valence-corrected chi connectivity index (χ2v) is 7.74. The molecule has 1 heterocycles. The van der Waals surface area contributed by atoms with Gasteiger partial charge in [0.15, 0.2) is 11.6 Å². The molecule has 30 heavy (non-hydrogen) atoms. The SMILES string of the molecule is COc1ccc(CC(NC(=O)OC(C)(C)C)c2nc3ccc(F)cc3[nH]2)c(F)c1F. The van der Waals surface area contributed by atoms with Gasteiger partial charge in [-0.3, -0.25) is 0 Å². The number of fused-ring (bicyclic) bond motifs is 1. The molecule has 0 bridgehead atoms. The molecule has 1 atom stereocenters. The molecule has 1 unspecified atom stereocenters. The number of hydrogen-bond donors (Lipinski definition) is 2. The topological polar surface area (TPSA) is 76.2 Å². The molecule has 0 aliphatic heterocycles. The average Bonchev–Trinajstić information content (AvgIpc) is 3.06. The molecule has 1 aromatic heterocycles. The van der Waals surface area contributed by atoms with Gasteiger partial charge in [-0.25, -0.2) is 18.6 Å². The van der Waals surface area contributed by atoms with Crippen LogP contribution in [0.2, 0.25) is 0 Å². The van der Waals surface area contributed by atoms with Gasteiger partial charge in [-0.2, -0.15) is 4.39 Å². The fraction of sp³-hybridized carbons (Fsp3) is 0.333. The summed E-state index contributed by atoms with van der Waals surface area (Å²) in [6, 6.07) is 5.75. The van der Waals surface area contributed by atoms with Gasteiger partial charge < -0.3 is 19.8 Å². The van der Waals surface area contributed by atoms with Gasteiger partial charge in [0.05, 0.1) is 24.2 Å². The van der Waals surface area contributed by atoms with Gasteiger partial charge in [0.2, 0.25) is 5.82 Å². The first-order valence-corrected chi connectivity index (χ1v) is 9.23. The summed E-state index contributed by atoms with van der Waals surface area (Å²) in [6.07, 6.45) is -0.887. The third kappa shape index (κ3) is 4.84. The average molecular weight is 421 g/mol. The van der Waals surface area contributed by atoms with E-state index in [0.717, 1.165) is 0 Å². The van der Waals surface area contributed by atoms with E-state index in [9.17, 15) is 18.0 Å². The fourth-order valence-electron chi connectivity index (χ4n) is 2.94. The number of nitrogens with one attached hydrogen (secondary N) is 2. The molecule has 0 aliphatic carbocycles. The number of alkyl carbamates (subject to hydrolysis) is 1. The summed E-state index contributed by atoms with van der Waals surface area (Å²) >= 11 is 0. The summed E-state index contributed by atoms with van der Waals surface area (Å²) in [7, 11) is 1.23. The molecule has 0 spiro atoms. The zero-order valence-corrected chi connectivity index (χ0v) is 17.0. The van der Waals surface area contributed by atoms with E-state index in [2.05, 4.69) is 15.3 Å². The Hall–Kier alpha value is -3.23. The van der Waals surface area contributed by atoms with Crippen molar-refractivity contribution < 1.29 is 27.4 Å². The van der Waals surface area contributed by atoms with Crippen molar-refractivity contribution >= 4 is 17.1 Å². The summed E-state index contributed by atoms with van der Waals surface area (Å²) in [4.78, 5) is 19.6. The van der Waals surface area contributed by atoms with Crippen LogP contribution in [0.4, 0.5) is 18.0 Å². The minimum Gasteiger partial charge on any atom is -0.494 e. The predicted molar refractivity (Wildman–Crippen MR) is 105 cm³/mol. The van der Waals surface area contributed by atoms with Crippen LogP contribution in [-0.2, 0) is 11.2 Å². The van der Waals surface area contributed by atoms with Gasteiger partial charge in [-0.15, -0.1) is 0 Å². The van der Waals surface area contributed by atoms with E-state index in [0.29, 0.717) is 11.0 Å². The number of ether oxygens (including phenoxy) is 2. The van der Waals surface area contributed by atoms with Gasteiger partial charge in [-0.05, 0) is 50.6 Å². The molecule has 6 nitrogen and oxygen atoms in total. The van der Waals surface area contributed by atoms with E-state index >= 15 is 0 Å². The Morgan fingerprint density at radius 1 is 1.17 bits per heavy atom. The van der Waals surface area contributed by atoms with Crippen LogP contribution in [0, 0.1) is 17.5 Å². The second-order valence-electron chi connectivity index (χ2n) is 7.74. The maximum Gasteiger partial charge on any atom is 0.408 e. The molecule has 0 radical (unpaired) electrons. The number of hydrogen-bond acceptors (Lipinski definition) is 4. The maximum absolute atomic E-state index is 14.5. The highest BCUT2D eigenvalue weighted by atomic mass is 19.2. The van der Waals surface area contributed by atoms with Crippen molar-refractivity contribution in [2.45, 2.75) is 38.8 Å². The van der Waals surface area contributed by atoms with Gasteiger partial charge >= 0.3 is 6.09 Å². The standard InChI is InChI=1S/C21H22F3N3O3/c1-21(2,3)30-20(28)27-15(9-11-5-8-16(29-4)18(24)17(11)23)19-25-13-7-6-12(22)10-14(13)26-19/h5-8,10,15H,9H2,1-4H3,(H,25,26)(H,27,28). The number of amides is 1. The first-order chi connectivity index (χ1) is 14.1. The van der Waals surface area contributed by atoms with E-state index in [1.165, 1.54) is 37.4 Å². The van der Waals surface area contributed by atoms with Crippen LogP contribution in [0.1, 0.15) is 38.2 Å². The number of carbonyl (C=O) groups is 1. The molecular weight excluding hydrogens is 399 g/mol. The second kappa shape index (κ2) is 8.25. The molecule has 3 rings (SSSR count). The molecule has 2 aromatic carbocycles. The molecule has 0 saturated heterocycles. The number of aromatic nitrogens is 2. The normalized spacial score (nSPS) is 12.6. The number of halogens is 3. The number of carbonyl (C=O) groups excluding carboxylic acids is 1. The van der Waals surface area contributed by atoms with Crippen LogP contribution in [0.3, 0.4) is 0 Å². The lowest BCUT2D eigenvalue weighted by atomic mass is 10.0. The lowest BCUT2D eigenvalue weighted by Gasteiger charge is -2.23. The largest absolute Gasteiger partial charge is 0.494 e. The van der Waals surface area contributed by atoms with Gasteiger partial charge in [-0.1, -0.05) is 6.07 Å². The molecule has 3 aromatic rings. The van der Waals surface area contributed by atoms with Crippen LogP contribution in [0.15, 0.2) is 30.3 Å². The number of aromatic amines is 1. The van der Waals surface area contributed by atoms with Crippen LogP contribution < -0.4 is 10.1 Å². The first kappa shape index (κ1) is 21.5. The van der Waals surface area contributed by atoms with Crippen molar-refractivity contribution in [3.8, 4) is 5.75 Å². The van der Waals surface area contributed by atoms with E-state index in [1.807, 2.05) is 0 Å². The quantitative estimate of drug-likeness (QED) is 0.621. The Bertz CT molecular complexity index is 1080. The smallest absolute Gasteiger partial charge is 0.408 e. The Balaban J connectivity index is 1.96. The number of H-pyrrole nitrogens is 1. The Morgan fingerprint density at radius 3 is 2.57 bits per heavy atom. The number of benzene rings is 2. The van der Waals surface area contributed by atoms with Crippen molar-refractivity contribution in [1.29, 1.82) is 0 Å². The third-order valence-corrected chi connectivity index (χ3v) is 4.25. The number of imidazole rings is 1. The highest BCUT2D eigenvalue weighted by Gasteiger charge is 2.25. The van der Waals surface area contributed by atoms with Gasteiger partial charge in [0, 0.05) is 6.42 Å². The van der Waals surface area contributed by atoms with Crippen molar-refractivity contribution in [2.24, 2.45) is 0 Å². The van der Waals surface area contributed by atoms with Crippen molar-refractivity contribution in [3.05, 3.63) is 59.2 Å². The van der Waals surface area contributed by atoms with Crippen molar-refractivity contribution in [3.63, 3.8) is 0 Å². The molecule has 2 N–H and O–H groups in total. The Morgan fingerprint density at radius 2 is 1.90 bits per heavy atom. The summed E-state index contributed by atoms with van der Waals surface area (Å²) in [5, 5.41) is 2.62. The fourth-order valence-corrected chi connectivity index (χ4v) is 2.94. The Kier molecular flexibility index (Phi) is 5.91. The van der Waals surface area contributed by atoms with E-state index < -0.39 is 35.2 Å². The van der Waals surface area contributed by atoms with Crippen molar-refractivity contribution in [1.82, 2.24) is 15.3 Å². The summed E-state index contributed by atoms with van der Waals surface area (Å²) < 4.78 is 52.2. The van der Waals surface area contributed by atoms with Gasteiger partial charge in [0.25, 0.3) is 0 Å². The lowest BCUT2D eigenvalue weighted by Crippen LogP contribution is -2.36. The predicted octanol–water partition coefficient (Wildman–Crippen LogP) is 4.80. The zero-order chi connectivity index (χ0) is 22.1. The van der Waals surface area contributed by atoms with E-state index in [4.69, 9.17) is 9.47 Å². The molecule has 160 valence electrons. The molecule has 0 saturated carbocycles. The molecule has 0 fully saturated rings. The van der Waals surface area contributed by atoms with Crippen LogP contribution >= 0.6 is 0 Å². The minimum absolute atomic E-state index is 0.000922. The monoisotopic (exact) mass is 421 g/mol. The number of nitrogens with zero attached hydrogens (tertiary/aromatic N) is 1. The van der Waals surface area contributed by atoms with E-state index in [-0.39, 0.29) is 23.6 Å². The maximum atomic E-state index is 14.5. The Labute approximate surface area is 171 Å². The summed E-state index contributed by atoms with van der Waals surface area (Å²) in [5.74, 6) is -2.66. The lowest BCUT2D eigenvalue weighted by molar-refractivity contribution is 0.0501.